The predicted octanol–water partition coefficient (Wildman–Crippen LogP) is 5.57. The summed E-state index contributed by atoms with van der Waals surface area (Å²) in [5, 5.41) is 1.47. The molecule has 2 heterocycles. The number of hydrogen-bond acceptors (Lipinski definition) is 3. The summed E-state index contributed by atoms with van der Waals surface area (Å²) in [6.45, 7) is 4.44. The van der Waals surface area contributed by atoms with E-state index in [-0.39, 0.29) is 17.7 Å². The molecule has 0 saturated carbocycles. The standard InChI is InChI=1S/C22H17ClN2O2S/c1-2-11-25-21(26)20(28-22(25)27)12-16-14-24(19-10-6-4-8-17(16)19)13-15-7-3-5-9-18(15)23/h2-10,12,14H,1,11,13H2. The Hall–Kier alpha value is -2.76. The van der Waals surface area contributed by atoms with Gasteiger partial charge in [0.25, 0.3) is 11.1 Å². The third-order valence-electron chi connectivity index (χ3n) is 4.59. The Morgan fingerprint density at radius 2 is 1.82 bits per heavy atom. The maximum atomic E-state index is 12.5. The summed E-state index contributed by atoms with van der Waals surface area (Å²) in [5.74, 6) is -0.280. The van der Waals surface area contributed by atoms with Gasteiger partial charge in [0.15, 0.2) is 0 Å². The highest BCUT2D eigenvalue weighted by atomic mass is 35.5. The van der Waals surface area contributed by atoms with E-state index in [0.29, 0.717) is 16.5 Å². The first-order valence-corrected chi connectivity index (χ1v) is 9.95. The minimum atomic E-state index is -0.280. The van der Waals surface area contributed by atoms with E-state index in [1.807, 2.05) is 54.7 Å². The van der Waals surface area contributed by atoms with Crippen molar-refractivity contribution in [2.24, 2.45) is 0 Å². The molecule has 0 spiro atoms. The number of nitrogens with zero attached hydrogens (tertiary/aromatic N) is 2. The van der Waals surface area contributed by atoms with Crippen LogP contribution < -0.4 is 0 Å². The summed E-state index contributed by atoms with van der Waals surface area (Å²) in [6.07, 6.45) is 5.34. The van der Waals surface area contributed by atoms with Crippen LogP contribution in [0.5, 0.6) is 0 Å². The molecule has 28 heavy (non-hydrogen) atoms. The van der Waals surface area contributed by atoms with E-state index in [9.17, 15) is 9.59 Å². The van der Waals surface area contributed by atoms with Crippen molar-refractivity contribution < 1.29 is 9.59 Å². The second kappa shape index (κ2) is 7.70. The lowest BCUT2D eigenvalue weighted by molar-refractivity contribution is -0.122. The number of amides is 2. The van der Waals surface area contributed by atoms with Gasteiger partial charge < -0.3 is 4.57 Å². The van der Waals surface area contributed by atoms with Gasteiger partial charge in [-0.2, -0.15) is 0 Å². The summed E-state index contributed by atoms with van der Waals surface area (Å²) >= 11 is 7.29. The molecule has 1 saturated heterocycles. The first-order chi connectivity index (χ1) is 13.6. The van der Waals surface area contributed by atoms with Gasteiger partial charge in [-0.05, 0) is 35.5 Å². The molecule has 0 aliphatic carbocycles. The van der Waals surface area contributed by atoms with Gasteiger partial charge >= 0.3 is 0 Å². The van der Waals surface area contributed by atoms with E-state index in [1.165, 1.54) is 4.90 Å². The van der Waals surface area contributed by atoms with Crippen LogP contribution in [0.15, 0.2) is 72.3 Å². The van der Waals surface area contributed by atoms with Gasteiger partial charge in [-0.15, -0.1) is 6.58 Å². The van der Waals surface area contributed by atoms with Crippen LogP contribution in [-0.2, 0) is 11.3 Å². The van der Waals surface area contributed by atoms with Gasteiger partial charge in [0, 0.05) is 40.8 Å². The van der Waals surface area contributed by atoms with Crippen LogP contribution >= 0.6 is 23.4 Å². The summed E-state index contributed by atoms with van der Waals surface area (Å²) in [4.78, 5) is 26.2. The summed E-state index contributed by atoms with van der Waals surface area (Å²) in [6, 6.07) is 15.7. The minimum absolute atomic E-state index is 0.219. The summed E-state index contributed by atoms with van der Waals surface area (Å²) in [7, 11) is 0. The predicted molar refractivity (Wildman–Crippen MR) is 115 cm³/mol. The topological polar surface area (TPSA) is 42.3 Å². The molecule has 4 nitrogen and oxygen atoms in total. The Balaban J connectivity index is 1.75. The van der Waals surface area contributed by atoms with Crippen LogP contribution in [0.25, 0.3) is 17.0 Å². The number of aromatic nitrogens is 1. The lowest BCUT2D eigenvalue weighted by Gasteiger charge is -2.07. The average molecular weight is 409 g/mol. The zero-order valence-electron chi connectivity index (χ0n) is 15.0. The molecule has 6 heteroatoms. The quantitative estimate of drug-likeness (QED) is 0.409. The van der Waals surface area contributed by atoms with Crippen LogP contribution in [-0.4, -0.2) is 27.2 Å². The number of fused-ring (bicyclic) bond motifs is 1. The average Bonchev–Trinajstić information content (AvgIpc) is 3.17. The maximum absolute atomic E-state index is 12.5. The van der Waals surface area contributed by atoms with Gasteiger partial charge in [-0.25, -0.2) is 0 Å². The highest BCUT2D eigenvalue weighted by molar-refractivity contribution is 8.18. The first-order valence-electron chi connectivity index (χ1n) is 8.76. The van der Waals surface area contributed by atoms with Crippen LogP contribution in [0.3, 0.4) is 0 Å². The molecular formula is C22H17ClN2O2S. The fourth-order valence-corrected chi connectivity index (χ4v) is 4.29. The molecule has 1 aromatic heterocycles. The number of para-hydroxylation sites is 1. The second-order valence-corrected chi connectivity index (χ2v) is 7.80. The molecule has 2 aromatic carbocycles. The van der Waals surface area contributed by atoms with Crippen molar-refractivity contribution in [2.45, 2.75) is 6.54 Å². The van der Waals surface area contributed by atoms with Gasteiger partial charge in [-0.1, -0.05) is 54.1 Å². The summed E-state index contributed by atoms with van der Waals surface area (Å²) < 4.78 is 2.11. The van der Waals surface area contributed by atoms with Crippen molar-refractivity contribution >= 4 is 51.5 Å². The highest BCUT2D eigenvalue weighted by Gasteiger charge is 2.34. The Morgan fingerprint density at radius 1 is 1.07 bits per heavy atom. The fourth-order valence-electron chi connectivity index (χ4n) is 3.26. The van der Waals surface area contributed by atoms with Gasteiger partial charge in [0.1, 0.15) is 0 Å². The minimum Gasteiger partial charge on any atom is -0.342 e. The first kappa shape index (κ1) is 18.6. The summed E-state index contributed by atoms with van der Waals surface area (Å²) in [5.41, 5.74) is 2.95. The molecule has 1 aliphatic heterocycles. The van der Waals surface area contributed by atoms with Crippen molar-refractivity contribution in [1.82, 2.24) is 9.47 Å². The smallest absolute Gasteiger partial charge is 0.293 e. The molecule has 140 valence electrons. The van der Waals surface area contributed by atoms with E-state index in [0.717, 1.165) is 33.8 Å². The van der Waals surface area contributed by atoms with Crippen molar-refractivity contribution in [3.8, 4) is 0 Å². The zero-order chi connectivity index (χ0) is 19.7. The lowest BCUT2D eigenvalue weighted by atomic mass is 10.1. The fraction of sp³-hybridized carbons (Fsp3) is 0.0909. The molecule has 3 aromatic rings. The van der Waals surface area contributed by atoms with Crippen molar-refractivity contribution in [3.63, 3.8) is 0 Å². The monoisotopic (exact) mass is 408 g/mol. The van der Waals surface area contributed by atoms with Gasteiger partial charge in [-0.3, -0.25) is 14.5 Å². The SMILES string of the molecule is C=CCN1C(=O)SC(=Cc2cn(Cc3ccccc3Cl)c3ccccc23)C1=O. The Morgan fingerprint density at radius 3 is 2.61 bits per heavy atom. The van der Waals surface area contributed by atoms with E-state index in [1.54, 1.807) is 12.2 Å². The molecule has 0 atom stereocenters. The van der Waals surface area contributed by atoms with Gasteiger partial charge in [0.05, 0.1) is 4.91 Å². The van der Waals surface area contributed by atoms with Crippen molar-refractivity contribution in [2.75, 3.05) is 6.54 Å². The third kappa shape index (κ3) is 3.39. The molecule has 1 fully saturated rings. The number of hydrogen-bond donors (Lipinski definition) is 0. The number of thioether (sulfide) groups is 1. The molecule has 2 amide bonds. The number of carbonyl (C=O) groups is 2. The Bertz CT molecular complexity index is 1130. The molecule has 1 aliphatic rings. The van der Waals surface area contributed by atoms with Crippen LogP contribution in [0, 0.1) is 0 Å². The number of carbonyl (C=O) groups excluding carboxylic acids is 2. The molecule has 0 unspecified atom stereocenters. The van der Waals surface area contributed by atoms with E-state index >= 15 is 0 Å². The van der Waals surface area contributed by atoms with Crippen molar-refractivity contribution in [3.05, 3.63) is 88.4 Å². The zero-order valence-corrected chi connectivity index (χ0v) is 16.5. The molecule has 4 rings (SSSR count). The number of halogens is 1. The molecular weight excluding hydrogens is 392 g/mol. The third-order valence-corrected chi connectivity index (χ3v) is 5.87. The molecule has 0 N–H and O–H groups in total. The van der Waals surface area contributed by atoms with Crippen LogP contribution in [0.2, 0.25) is 5.02 Å². The Kier molecular flexibility index (Phi) is 5.11. The highest BCUT2D eigenvalue weighted by Crippen LogP contribution is 2.34. The van der Waals surface area contributed by atoms with Crippen LogP contribution in [0.4, 0.5) is 4.79 Å². The van der Waals surface area contributed by atoms with Crippen LogP contribution in [0.1, 0.15) is 11.1 Å². The van der Waals surface area contributed by atoms with E-state index < -0.39 is 0 Å². The number of rotatable bonds is 5. The maximum Gasteiger partial charge on any atom is 0.293 e. The van der Waals surface area contributed by atoms with Gasteiger partial charge in [0.2, 0.25) is 0 Å². The lowest BCUT2D eigenvalue weighted by Crippen LogP contribution is -2.27. The number of benzene rings is 2. The number of imide groups is 1. The normalized spacial score (nSPS) is 15.8. The molecule has 0 radical (unpaired) electrons. The van der Waals surface area contributed by atoms with E-state index in [2.05, 4.69) is 11.1 Å². The molecule has 0 bridgehead atoms. The largest absolute Gasteiger partial charge is 0.342 e. The second-order valence-electron chi connectivity index (χ2n) is 6.40. The van der Waals surface area contributed by atoms with Crippen molar-refractivity contribution in [1.29, 1.82) is 0 Å². The van der Waals surface area contributed by atoms with E-state index in [4.69, 9.17) is 11.6 Å². The Labute approximate surface area is 172 Å².